The van der Waals surface area contributed by atoms with Crippen LogP contribution in [0.3, 0.4) is 0 Å². The third-order valence-electron chi connectivity index (χ3n) is 2.19. The maximum atomic E-state index is 13.3. The third-order valence-corrected chi connectivity index (χ3v) is 5.00. The molecule has 1 aromatic rings. The van der Waals surface area contributed by atoms with Crippen molar-refractivity contribution in [1.29, 1.82) is 0 Å². The van der Waals surface area contributed by atoms with Gasteiger partial charge in [-0.05, 0) is 19.1 Å². The summed E-state index contributed by atoms with van der Waals surface area (Å²) in [5.41, 5.74) is -1.04. The molecule has 94 valence electrons. The van der Waals surface area contributed by atoms with E-state index in [0.717, 1.165) is 18.2 Å². The van der Waals surface area contributed by atoms with Gasteiger partial charge in [0.25, 0.3) is 0 Å². The molecule has 0 N–H and O–H groups in total. The summed E-state index contributed by atoms with van der Waals surface area (Å²) in [5.74, 6) is -1.41. The molecule has 1 rings (SSSR count). The van der Waals surface area contributed by atoms with Gasteiger partial charge in [-0.1, -0.05) is 6.07 Å². The van der Waals surface area contributed by atoms with Crippen LogP contribution < -0.4 is 0 Å². The van der Waals surface area contributed by atoms with E-state index < -0.39 is 36.4 Å². The van der Waals surface area contributed by atoms with Crippen LogP contribution in [-0.4, -0.2) is 24.5 Å². The molecule has 0 radical (unpaired) electrons. The zero-order valence-corrected chi connectivity index (χ0v) is 10.3. The van der Waals surface area contributed by atoms with Crippen LogP contribution in [0.15, 0.2) is 23.1 Å². The lowest BCUT2D eigenvalue weighted by molar-refractivity contribution is -0.390. The Kier molecular flexibility index (Phi) is 4.05. The Bertz CT molecular complexity index is 546. The zero-order chi connectivity index (χ0) is 13.2. The Morgan fingerprint density at radius 3 is 2.59 bits per heavy atom. The molecular formula is C9H9ClFNO4S. The number of para-hydroxylation sites is 1. The first-order valence-corrected chi connectivity index (χ1v) is 6.63. The maximum Gasteiger partial charge on any atom is 0.323 e. The van der Waals surface area contributed by atoms with Crippen LogP contribution in [0.4, 0.5) is 10.1 Å². The first-order valence-electron chi connectivity index (χ1n) is 4.55. The highest BCUT2D eigenvalue weighted by atomic mass is 35.5. The van der Waals surface area contributed by atoms with E-state index in [1.54, 1.807) is 0 Å². The van der Waals surface area contributed by atoms with E-state index in [4.69, 9.17) is 11.6 Å². The van der Waals surface area contributed by atoms with Crippen LogP contribution in [0, 0.1) is 15.9 Å². The average molecular weight is 282 g/mol. The van der Waals surface area contributed by atoms with E-state index in [1.165, 1.54) is 6.92 Å². The van der Waals surface area contributed by atoms with Crippen LogP contribution in [0.2, 0.25) is 0 Å². The quantitative estimate of drug-likeness (QED) is 0.481. The van der Waals surface area contributed by atoms with E-state index in [2.05, 4.69) is 0 Å². The van der Waals surface area contributed by atoms with Gasteiger partial charge < -0.3 is 0 Å². The molecule has 0 amide bonds. The summed E-state index contributed by atoms with van der Waals surface area (Å²) in [6.07, 6.45) is 0. The first-order chi connectivity index (χ1) is 7.82. The number of nitro benzene ring substituents is 1. The van der Waals surface area contributed by atoms with Crippen molar-refractivity contribution in [3.8, 4) is 0 Å². The number of rotatable bonds is 4. The zero-order valence-electron chi connectivity index (χ0n) is 8.76. The van der Waals surface area contributed by atoms with Crippen molar-refractivity contribution in [3.05, 3.63) is 34.1 Å². The van der Waals surface area contributed by atoms with Gasteiger partial charge in [0.2, 0.25) is 5.82 Å². The molecule has 17 heavy (non-hydrogen) atoms. The topological polar surface area (TPSA) is 77.3 Å². The van der Waals surface area contributed by atoms with Crippen LogP contribution in [-0.2, 0) is 9.84 Å². The predicted molar refractivity (Wildman–Crippen MR) is 60.4 cm³/mol. The molecule has 0 spiro atoms. The summed E-state index contributed by atoms with van der Waals surface area (Å²) in [6.45, 7) is 1.30. The molecule has 5 nitrogen and oxygen atoms in total. The van der Waals surface area contributed by atoms with Crippen molar-refractivity contribution < 1.29 is 17.7 Å². The molecule has 0 saturated carbocycles. The summed E-state index contributed by atoms with van der Waals surface area (Å²) in [4.78, 5) is 8.97. The van der Waals surface area contributed by atoms with Crippen LogP contribution in [0.5, 0.6) is 0 Å². The van der Waals surface area contributed by atoms with Crippen molar-refractivity contribution in [3.63, 3.8) is 0 Å². The molecule has 1 unspecified atom stereocenters. The Morgan fingerprint density at radius 1 is 1.53 bits per heavy atom. The van der Waals surface area contributed by atoms with Gasteiger partial charge in [0.15, 0.2) is 9.84 Å². The Balaban J connectivity index is 3.53. The SMILES string of the molecule is CC(CCl)S(=O)(=O)c1cccc(F)c1[N+](=O)[O-]. The van der Waals surface area contributed by atoms with E-state index in [-0.39, 0.29) is 5.88 Å². The molecule has 0 aromatic heterocycles. The Labute approximate surface area is 102 Å². The van der Waals surface area contributed by atoms with Crippen molar-refractivity contribution >= 4 is 27.1 Å². The van der Waals surface area contributed by atoms with Gasteiger partial charge in [-0.2, -0.15) is 4.39 Å². The number of hydrogen-bond acceptors (Lipinski definition) is 4. The van der Waals surface area contributed by atoms with Crippen molar-refractivity contribution in [1.82, 2.24) is 0 Å². The summed E-state index contributed by atoms with van der Waals surface area (Å²) in [6, 6.07) is 2.94. The monoisotopic (exact) mass is 281 g/mol. The van der Waals surface area contributed by atoms with Gasteiger partial charge in [-0.25, -0.2) is 8.42 Å². The van der Waals surface area contributed by atoms with Crippen LogP contribution in [0.25, 0.3) is 0 Å². The van der Waals surface area contributed by atoms with Gasteiger partial charge in [0.1, 0.15) is 4.90 Å². The lowest BCUT2D eigenvalue weighted by atomic mass is 10.3. The van der Waals surface area contributed by atoms with Gasteiger partial charge >= 0.3 is 5.69 Å². The molecule has 1 atom stereocenters. The second-order valence-electron chi connectivity index (χ2n) is 3.35. The molecular weight excluding hydrogens is 273 g/mol. The van der Waals surface area contributed by atoms with Crippen LogP contribution >= 0.6 is 11.6 Å². The van der Waals surface area contributed by atoms with E-state index in [1.807, 2.05) is 0 Å². The summed E-state index contributed by atoms with van der Waals surface area (Å²) in [7, 11) is -4.00. The van der Waals surface area contributed by atoms with Crippen molar-refractivity contribution in [2.24, 2.45) is 0 Å². The molecule has 0 aliphatic rings. The van der Waals surface area contributed by atoms with Gasteiger partial charge in [0, 0.05) is 5.88 Å². The molecule has 0 heterocycles. The molecule has 0 aliphatic carbocycles. The predicted octanol–water partition coefficient (Wildman–Crippen LogP) is 2.13. The van der Waals surface area contributed by atoms with Crippen molar-refractivity contribution in [2.45, 2.75) is 17.1 Å². The van der Waals surface area contributed by atoms with E-state index >= 15 is 0 Å². The summed E-state index contributed by atoms with van der Waals surface area (Å²) >= 11 is 5.42. The normalized spacial score (nSPS) is 13.4. The number of nitro groups is 1. The molecule has 8 heteroatoms. The highest BCUT2D eigenvalue weighted by Gasteiger charge is 2.32. The highest BCUT2D eigenvalue weighted by Crippen LogP contribution is 2.29. The average Bonchev–Trinajstić information content (AvgIpc) is 2.26. The fraction of sp³-hybridized carbons (Fsp3) is 0.333. The Hall–Kier alpha value is -1.21. The second-order valence-corrected chi connectivity index (χ2v) is 6.00. The number of sulfone groups is 1. The van der Waals surface area contributed by atoms with Gasteiger partial charge in [0.05, 0.1) is 10.2 Å². The minimum atomic E-state index is -4.00. The van der Waals surface area contributed by atoms with E-state index in [0.29, 0.717) is 0 Å². The second kappa shape index (κ2) is 4.97. The molecule has 0 aliphatic heterocycles. The fourth-order valence-electron chi connectivity index (χ4n) is 1.20. The lowest BCUT2D eigenvalue weighted by Crippen LogP contribution is -2.20. The standard InChI is InChI=1S/C9H9ClFNO4S/c1-6(5-10)17(15,16)8-4-2-3-7(11)9(8)12(13)14/h2-4,6H,5H2,1H3. The largest absolute Gasteiger partial charge is 0.323 e. The highest BCUT2D eigenvalue weighted by molar-refractivity contribution is 7.92. The Morgan fingerprint density at radius 2 is 2.12 bits per heavy atom. The van der Waals surface area contributed by atoms with Crippen LogP contribution in [0.1, 0.15) is 6.92 Å². The third kappa shape index (κ3) is 2.55. The molecule has 1 aromatic carbocycles. The molecule has 0 saturated heterocycles. The minimum Gasteiger partial charge on any atom is -0.258 e. The number of hydrogen-bond donors (Lipinski definition) is 0. The minimum absolute atomic E-state index is 0.226. The van der Waals surface area contributed by atoms with Crippen molar-refractivity contribution in [2.75, 3.05) is 5.88 Å². The molecule has 0 bridgehead atoms. The maximum absolute atomic E-state index is 13.3. The number of halogens is 2. The molecule has 0 fully saturated rings. The summed E-state index contributed by atoms with van der Waals surface area (Å²) < 4.78 is 37.0. The first kappa shape index (κ1) is 13.9. The number of benzene rings is 1. The van der Waals surface area contributed by atoms with Gasteiger partial charge in [-0.3, -0.25) is 10.1 Å². The number of alkyl halides is 1. The van der Waals surface area contributed by atoms with Gasteiger partial charge in [-0.15, -0.1) is 11.6 Å². The fourth-order valence-corrected chi connectivity index (χ4v) is 3.01. The lowest BCUT2D eigenvalue weighted by Gasteiger charge is -2.10. The smallest absolute Gasteiger partial charge is 0.258 e. The summed E-state index contributed by atoms with van der Waals surface area (Å²) in [5, 5.41) is 9.64. The van der Waals surface area contributed by atoms with E-state index in [9.17, 15) is 22.9 Å². The number of nitrogens with zero attached hydrogens (tertiary/aromatic N) is 1.